The standard InChI is InChI=1S/C43H66O32/c44-6-13-19(47)25(53)28(56)39(68-13)65-10-17-23(51)34(31(59)38(63)67-17)73-42-32(60)35(22(50)15(8-46)70-42)75-43-33(61)36(74-41-30(58)26(54)20(48)14(7-45)69-41)24(52)18(72-43)11-66-40-29(57)27(55)21(49)16(71-40)9-64-37(62)12-4-2-1-3-5-12/h1-5,13-36,38-61,63H,6-11H2/t13?,14?,15?,16?,17?,18?,19?,20?,21?,22?,23?,24-,25?,26?,27?,28?,29?,30?,31?,32?,33?,34?,35?,36?,38?,39?,40?,41?,42?,43?/m0/s1. The molecule has 6 aliphatic rings. The van der Waals surface area contributed by atoms with Gasteiger partial charge in [0.15, 0.2) is 37.7 Å². The molecule has 6 aliphatic heterocycles. The molecule has 1 aromatic carbocycles. The lowest BCUT2D eigenvalue weighted by Crippen LogP contribution is -2.68. The SMILES string of the molecule is O=C(OCC1OC(OCC2OC(OC3C(O)C(CO)OC(OC4C(O)C(O)OC(COC5OC(CO)C(O)C(O)C5O)C4O)C3O)C(O)C(OC3OC(CO)C(O)C(O)C3O)[C@H]2O)C(O)C(O)C1O)c1ccccc1. The molecule has 32 nitrogen and oxygen atoms in total. The van der Waals surface area contributed by atoms with Crippen molar-refractivity contribution in [2.24, 2.45) is 0 Å². The fraction of sp³-hybridized carbons (Fsp3) is 0.837. The van der Waals surface area contributed by atoms with Crippen LogP contribution in [0.2, 0.25) is 0 Å². The monoisotopic (exact) mass is 1090 g/mol. The molecule has 19 N–H and O–H groups in total. The van der Waals surface area contributed by atoms with Crippen LogP contribution in [0, 0.1) is 0 Å². The van der Waals surface area contributed by atoms with Crippen molar-refractivity contribution >= 4 is 5.97 Å². The maximum Gasteiger partial charge on any atom is 0.338 e. The molecule has 6 saturated heterocycles. The van der Waals surface area contributed by atoms with Crippen LogP contribution in [-0.4, -0.2) is 327 Å². The molecule has 0 aromatic heterocycles. The summed E-state index contributed by atoms with van der Waals surface area (Å²) in [4.78, 5) is 12.6. The Morgan fingerprint density at radius 3 is 1.16 bits per heavy atom. The molecule has 29 unspecified atom stereocenters. The first kappa shape index (κ1) is 60.1. The average molecular weight is 1090 g/mol. The molecule has 6 heterocycles. The molecule has 1 aromatic rings. The summed E-state index contributed by atoms with van der Waals surface area (Å²) in [7, 11) is 0. The van der Waals surface area contributed by atoms with E-state index in [4.69, 9.17) is 56.8 Å². The molecular formula is C43H66O32. The van der Waals surface area contributed by atoms with Crippen LogP contribution in [0.25, 0.3) is 0 Å². The predicted octanol–water partition coefficient (Wildman–Crippen LogP) is -12.2. The van der Waals surface area contributed by atoms with E-state index in [1.54, 1.807) is 18.2 Å². The maximum atomic E-state index is 12.6. The average Bonchev–Trinajstić information content (AvgIpc) is 3.40. The molecule has 6 fully saturated rings. The summed E-state index contributed by atoms with van der Waals surface area (Å²) < 4.78 is 66.6. The van der Waals surface area contributed by atoms with Gasteiger partial charge in [-0.2, -0.15) is 0 Å². The molecule has 0 bridgehead atoms. The van der Waals surface area contributed by atoms with Gasteiger partial charge in [0, 0.05) is 0 Å². The highest BCUT2D eigenvalue weighted by atomic mass is 16.8. The van der Waals surface area contributed by atoms with E-state index in [0.717, 1.165) is 0 Å². The molecule has 32 heteroatoms. The molecule has 0 saturated carbocycles. The lowest BCUT2D eigenvalue weighted by Gasteiger charge is -2.49. The van der Waals surface area contributed by atoms with E-state index in [-0.39, 0.29) is 5.56 Å². The Labute approximate surface area is 424 Å². The van der Waals surface area contributed by atoms with E-state index >= 15 is 0 Å². The van der Waals surface area contributed by atoms with Gasteiger partial charge < -0.3 is 154 Å². The van der Waals surface area contributed by atoms with Crippen LogP contribution >= 0.6 is 0 Å². The largest absolute Gasteiger partial charge is 0.459 e. The van der Waals surface area contributed by atoms with Crippen molar-refractivity contribution in [3.63, 3.8) is 0 Å². The second kappa shape index (κ2) is 26.2. The Hall–Kier alpha value is -2.51. The zero-order valence-electron chi connectivity index (χ0n) is 39.3. The lowest BCUT2D eigenvalue weighted by molar-refractivity contribution is -0.393. The van der Waals surface area contributed by atoms with Crippen molar-refractivity contribution in [1.82, 2.24) is 0 Å². The maximum absolute atomic E-state index is 12.6. The number of aliphatic hydroxyl groups excluding tert-OH is 19. The Morgan fingerprint density at radius 1 is 0.360 bits per heavy atom. The molecule has 0 aliphatic carbocycles. The normalized spacial score (nSPS) is 48.8. The van der Waals surface area contributed by atoms with E-state index < -0.39 is 230 Å². The van der Waals surface area contributed by atoms with Crippen LogP contribution in [0.5, 0.6) is 0 Å². The van der Waals surface area contributed by atoms with Gasteiger partial charge in [-0.25, -0.2) is 4.79 Å². The van der Waals surface area contributed by atoms with Gasteiger partial charge in [-0.3, -0.25) is 0 Å². The van der Waals surface area contributed by atoms with Crippen LogP contribution in [0.4, 0.5) is 0 Å². The van der Waals surface area contributed by atoms with Crippen LogP contribution in [0.1, 0.15) is 10.4 Å². The number of benzene rings is 1. The zero-order chi connectivity index (χ0) is 54.7. The zero-order valence-corrected chi connectivity index (χ0v) is 39.3. The van der Waals surface area contributed by atoms with Crippen molar-refractivity contribution < 1.29 is 159 Å². The summed E-state index contributed by atoms with van der Waals surface area (Å²) in [5.41, 5.74) is 0.126. The number of carbonyl (C=O) groups excluding carboxylic acids is 1. The number of ether oxygens (including phenoxy) is 12. The van der Waals surface area contributed by atoms with Gasteiger partial charge in [0.2, 0.25) is 0 Å². The third kappa shape index (κ3) is 13.1. The molecule has 0 amide bonds. The molecule has 0 radical (unpaired) electrons. The van der Waals surface area contributed by atoms with Crippen LogP contribution in [0.3, 0.4) is 0 Å². The Morgan fingerprint density at radius 2 is 0.693 bits per heavy atom. The minimum Gasteiger partial charge on any atom is -0.459 e. The first-order valence-electron chi connectivity index (χ1n) is 23.7. The summed E-state index contributed by atoms with van der Waals surface area (Å²) in [5.74, 6) is -0.842. The summed E-state index contributed by atoms with van der Waals surface area (Å²) in [6.45, 7) is -5.23. The van der Waals surface area contributed by atoms with Gasteiger partial charge in [-0.15, -0.1) is 0 Å². The Bertz CT molecular complexity index is 1910. The third-order valence-corrected chi connectivity index (χ3v) is 13.6. The third-order valence-electron chi connectivity index (χ3n) is 13.6. The van der Waals surface area contributed by atoms with Crippen molar-refractivity contribution in [3.8, 4) is 0 Å². The molecule has 75 heavy (non-hydrogen) atoms. The van der Waals surface area contributed by atoms with Crippen molar-refractivity contribution in [1.29, 1.82) is 0 Å². The van der Waals surface area contributed by atoms with Crippen molar-refractivity contribution in [3.05, 3.63) is 35.9 Å². The van der Waals surface area contributed by atoms with E-state index in [2.05, 4.69) is 0 Å². The van der Waals surface area contributed by atoms with Gasteiger partial charge in [-0.1, -0.05) is 18.2 Å². The topological polar surface area (TPSA) is 512 Å². The molecule has 7 rings (SSSR count). The van der Waals surface area contributed by atoms with Crippen LogP contribution in [-0.2, 0) is 56.8 Å². The highest BCUT2D eigenvalue weighted by Gasteiger charge is 2.57. The minimum absolute atomic E-state index is 0.126. The molecule has 430 valence electrons. The highest BCUT2D eigenvalue weighted by Crippen LogP contribution is 2.36. The van der Waals surface area contributed by atoms with Crippen molar-refractivity contribution in [2.75, 3.05) is 39.6 Å². The number of carbonyl (C=O) groups is 1. The summed E-state index contributed by atoms with van der Waals surface area (Å²) >= 11 is 0. The highest BCUT2D eigenvalue weighted by molar-refractivity contribution is 5.89. The van der Waals surface area contributed by atoms with Gasteiger partial charge in [0.25, 0.3) is 0 Å². The first-order valence-corrected chi connectivity index (χ1v) is 23.7. The second-order valence-corrected chi connectivity index (χ2v) is 18.6. The molecular weight excluding hydrogens is 1030 g/mol. The Balaban J connectivity index is 1.08. The van der Waals surface area contributed by atoms with Crippen molar-refractivity contribution in [2.45, 2.75) is 184 Å². The first-order chi connectivity index (χ1) is 35.6. The fourth-order valence-electron chi connectivity index (χ4n) is 9.09. The van der Waals surface area contributed by atoms with E-state index in [1.165, 1.54) is 12.1 Å². The fourth-order valence-corrected chi connectivity index (χ4v) is 9.09. The van der Waals surface area contributed by atoms with Crippen LogP contribution in [0.15, 0.2) is 30.3 Å². The smallest absolute Gasteiger partial charge is 0.338 e. The minimum atomic E-state index is -2.30. The van der Waals surface area contributed by atoms with E-state index in [0.29, 0.717) is 0 Å². The predicted molar refractivity (Wildman–Crippen MR) is 229 cm³/mol. The summed E-state index contributed by atoms with van der Waals surface area (Å²) in [6, 6.07) is 7.63. The van der Waals surface area contributed by atoms with Gasteiger partial charge >= 0.3 is 5.97 Å². The van der Waals surface area contributed by atoms with Gasteiger partial charge in [-0.05, 0) is 12.1 Å². The number of rotatable bonds is 18. The quantitative estimate of drug-likeness (QED) is 0.0607. The van der Waals surface area contributed by atoms with Gasteiger partial charge in [0.05, 0.1) is 38.6 Å². The Kier molecular flexibility index (Phi) is 21.0. The van der Waals surface area contributed by atoms with E-state index in [1.807, 2.05) is 0 Å². The molecule has 30 atom stereocenters. The summed E-state index contributed by atoms with van der Waals surface area (Å²) in [5, 5.41) is 203. The van der Waals surface area contributed by atoms with Crippen LogP contribution < -0.4 is 0 Å². The summed E-state index contributed by atoms with van der Waals surface area (Å²) in [6.07, 6.45) is -58.7. The number of hydrogen-bond acceptors (Lipinski definition) is 32. The number of esters is 1. The lowest BCUT2D eigenvalue weighted by atomic mass is 9.95. The second-order valence-electron chi connectivity index (χ2n) is 18.6. The van der Waals surface area contributed by atoms with Gasteiger partial charge in [0.1, 0.15) is 153 Å². The number of aliphatic hydroxyl groups is 19. The van der Waals surface area contributed by atoms with E-state index in [9.17, 15) is 102 Å². The molecule has 0 spiro atoms. The number of hydrogen-bond donors (Lipinski definition) is 19.